The van der Waals surface area contributed by atoms with Gasteiger partial charge in [0.25, 0.3) is 11.6 Å². The second-order valence-electron chi connectivity index (χ2n) is 8.25. The fourth-order valence-corrected chi connectivity index (χ4v) is 4.89. The molecule has 2 aromatic carbocycles. The fraction of sp³-hybridized carbons (Fsp3) is 0.333. The van der Waals surface area contributed by atoms with Crippen molar-refractivity contribution in [3.8, 4) is 0 Å². The van der Waals surface area contributed by atoms with Crippen molar-refractivity contribution in [2.24, 2.45) is 0 Å². The Bertz CT molecular complexity index is 1230. The number of carbonyl (C=O) groups excluding carboxylic acids is 2. The Hall–Kier alpha value is -3.73. The number of thioether (sulfide) groups is 1. The first kappa shape index (κ1) is 24.4. The summed E-state index contributed by atoms with van der Waals surface area (Å²) in [5.41, 5.74) is 2.20. The molecule has 1 atom stereocenters. The van der Waals surface area contributed by atoms with Crippen LogP contribution in [0.15, 0.2) is 53.7 Å². The lowest BCUT2D eigenvalue weighted by molar-refractivity contribution is -0.384. The van der Waals surface area contributed by atoms with Crippen molar-refractivity contribution in [3.05, 3.63) is 75.6 Å². The van der Waals surface area contributed by atoms with Gasteiger partial charge >= 0.3 is 0 Å². The third-order valence-corrected chi connectivity index (χ3v) is 6.83. The number of anilines is 1. The van der Waals surface area contributed by atoms with Gasteiger partial charge < -0.3 is 14.8 Å². The predicted octanol–water partition coefficient (Wildman–Crippen LogP) is 4.22. The van der Waals surface area contributed by atoms with Crippen molar-refractivity contribution in [1.82, 2.24) is 19.7 Å². The molecular weight excluding hydrogens is 468 g/mol. The van der Waals surface area contributed by atoms with Crippen LogP contribution < -0.4 is 5.32 Å². The van der Waals surface area contributed by atoms with Gasteiger partial charge in [-0.05, 0) is 51.0 Å². The van der Waals surface area contributed by atoms with Gasteiger partial charge in [0.2, 0.25) is 5.91 Å². The zero-order valence-electron chi connectivity index (χ0n) is 19.5. The maximum absolute atomic E-state index is 13.2. The smallest absolute Gasteiger partial charge is 0.269 e. The Balaban J connectivity index is 1.42. The van der Waals surface area contributed by atoms with Crippen molar-refractivity contribution in [2.75, 3.05) is 17.6 Å². The number of aryl methyl sites for hydroxylation is 1. The summed E-state index contributed by atoms with van der Waals surface area (Å²) in [5, 5.41) is 22.8. The zero-order valence-corrected chi connectivity index (χ0v) is 20.3. The lowest BCUT2D eigenvalue weighted by atomic mass is 10.1. The molecule has 10 nitrogen and oxygen atoms in total. The summed E-state index contributed by atoms with van der Waals surface area (Å²) in [6.07, 6.45) is 1.69. The Kier molecular flexibility index (Phi) is 7.45. The van der Waals surface area contributed by atoms with Gasteiger partial charge in [0.1, 0.15) is 0 Å². The van der Waals surface area contributed by atoms with E-state index < -0.39 is 4.92 Å². The maximum atomic E-state index is 13.2. The number of non-ortho nitro benzene ring substituents is 1. The number of hydrogen-bond acceptors (Lipinski definition) is 7. The van der Waals surface area contributed by atoms with Crippen LogP contribution in [0, 0.1) is 17.0 Å². The van der Waals surface area contributed by atoms with E-state index in [0.717, 1.165) is 24.2 Å². The van der Waals surface area contributed by atoms with Crippen LogP contribution in [-0.4, -0.2) is 48.7 Å². The molecule has 0 spiro atoms. The SMILES string of the molecule is CCn1c(SCC(=O)Nc2ccc([N+](=O)[O-])cc2)nnc1C1CCCN1C(=O)c1ccc(C)cc1. The van der Waals surface area contributed by atoms with Crippen molar-refractivity contribution < 1.29 is 14.5 Å². The third-order valence-electron chi connectivity index (χ3n) is 5.87. The molecule has 2 amide bonds. The number of nitro groups is 1. The van der Waals surface area contributed by atoms with E-state index in [9.17, 15) is 19.7 Å². The second kappa shape index (κ2) is 10.7. The summed E-state index contributed by atoms with van der Waals surface area (Å²) in [7, 11) is 0. The summed E-state index contributed by atoms with van der Waals surface area (Å²) < 4.78 is 1.95. The molecule has 182 valence electrons. The van der Waals surface area contributed by atoms with E-state index in [0.29, 0.717) is 29.5 Å². The molecule has 1 aromatic heterocycles. The number of hydrogen-bond donors (Lipinski definition) is 1. The number of nitrogens with one attached hydrogen (secondary N) is 1. The van der Waals surface area contributed by atoms with E-state index >= 15 is 0 Å². The molecule has 35 heavy (non-hydrogen) atoms. The normalized spacial score (nSPS) is 15.3. The van der Waals surface area contributed by atoms with Gasteiger partial charge in [-0.15, -0.1) is 10.2 Å². The number of nitro benzene ring substituents is 1. The van der Waals surface area contributed by atoms with Gasteiger partial charge in [-0.25, -0.2) is 0 Å². The predicted molar refractivity (Wildman–Crippen MR) is 132 cm³/mol. The Morgan fingerprint density at radius 2 is 1.86 bits per heavy atom. The van der Waals surface area contributed by atoms with Gasteiger partial charge in [0.05, 0.1) is 16.7 Å². The van der Waals surface area contributed by atoms with E-state index in [4.69, 9.17) is 0 Å². The van der Waals surface area contributed by atoms with Gasteiger partial charge in [-0.3, -0.25) is 19.7 Å². The fourth-order valence-electron chi connectivity index (χ4n) is 4.08. The Morgan fingerprint density at radius 1 is 1.14 bits per heavy atom. The first-order chi connectivity index (χ1) is 16.9. The van der Waals surface area contributed by atoms with E-state index in [2.05, 4.69) is 15.5 Å². The van der Waals surface area contributed by atoms with Crippen LogP contribution in [0.5, 0.6) is 0 Å². The lowest BCUT2D eigenvalue weighted by Crippen LogP contribution is -2.32. The molecular formula is C24H26N6O4S. The summed E-state index contributed by atoms with van der Waals surface area (Å²) in [6, 6.07) is 13.1. The highest BCUT2D eigenvalue weighted by Gasteiger charge is 2.34. The molecule has 11 heteroatoms. The van der Waals surface area contributed by atoms with Gasteiger partial charge in [0, 0.05) is 36.5 Å². The van der Waals surface area contributed by atoms with Crippen molar-refractivity contribution in [3.63, 3.8) is 0 Å². The highest BCUT2D eigenvalue weighted by Crippen LogP contribution is 2.34. The largest absolute Gasteiger partial charge is 0.328 e. The number of nitrogens with zero attached hydrogens (tertiary/aromatic N) is 5. The van der Waals surface area contributed by atoms with Crippen molar-refractivity contribution >= 4 is 35.0 Å². The number of carbonyl (C=O) groups is 2. The molecule has 1 unspecified atom stereocenters. The molecule has 1 N–H and O–H groups in total. The highest BCUT2D eigenvalue weighted by molar-refractivity contribution is 7.99. The van der Waals surface area contributed by atoms with E-state index in [1.807, 2.05) is 47.6 Å². The third kappa shape index (κ3) is 5.51. The Morgan fingerprint density at radius 3 is 2.51 bits per heavy atom. The number of likely N-dealkylation sites (tertiary alicyclic amines) is 1. The maximum Gasteiger partial charge on any atom is 0.269 e. The van der Waals surface area contributed by atoms with Crippen molar-refractivity contribution in [1.29, 1.82) is 0 Å². The molecule has 0 saturated carbocycles. The van der Waals surface area contributed by atoms with Crippen LogP contribution >= 0.6 is 11.8 Å². The summed E-state index contributed by atoms with van der Waals surface area (Å²) in [6.45, 7) is 5.24. The molecule has 1 saturated heterocycles. The van der Waals surface area contributed by atoms with E-state index in [-0.39, 0.29) is 29.3 Å². The van der Waals surface area contributed by atoms with Crippen LogP contribution in [0.4, 0.5) is 11.4 Å². The second-order valence-corrected chi connectivity index (χ2v) is 9.19. The van der Waals surface area contributed by atoms with Gasteiger partial charge in [-0.2, -0.15) is 0 Å². The average molecular weight is 495 g/mol. The van der Waals surface area contributed by atoms with E-state index in [1.54, 1.807) is 0 Å². The summed E-state index contributed by atoms with van der Waals surface area (Å²) in [5.74, 6) is 0.554. The van der Waals surface area contributed by atoms with Crippen LogP contribution in [0.1, 0.15) is 47.6 Å². The molecule has 0 radical (unpaired) electrons. The van der Waals surface area contributed by atoms with Gasteiger partial charge in [-0.1, -0.05) is 29.5 Å². The topological polar surface area (TPSA) is 123 Å². The van der Waals surface area contributed by atoms with Crippen LogP contribution in [-0.2, 0) is 11.3 Å². The quantitative estimate of drug-likeness (QED) is 0.282. The van der Waals surface area contributed by atoms with Gasteiger partial charge in [0.15, 0.2) is 11.0 Å². The highest BCUT2D eigenvalue weighted by atomic mass is 32.2. The molecule has 0 bridgehead atoms. The van der Waals surface area contributed by atoms with E-state index in [1.165, 1.54) is 36.0 Å². The number of rotatable bonds is 8. The molecule has 0 aliphatic carbocycles. The number of aromatic nitrogens is 3. The monoisotopic (exact) mass is 494 g/mol. The molecule has 1 fully saturated rings. The van der Waals surface area contributed by atoms with Crippen LogP contribution in [0.25, 0.3) is 0 Å². The average Bonchev–Trinajstić information content (AvgIpc) is 3.49. The molecule has 1 aliphatic rings. The molecule has 2 heterocycles. The lowest BCUT2D eigenvalue weighted by Gasteiger charge is -2.24. The minimum absolute atomic E-state index is 0.0187. The van der Waals surface area contributed by atoms with Crippen LogP contribution in [0.2, 0.25) is 0 Å². The first-order valence-corrected chi connectivity index (χ1v) is 12.3. The molecule has 3 aromatic rings. The molecule has 4 rings (SSSR count). The summed E-state index contributed by atoms with van der Waals surface area (Å²) in [4.78, 5) is 37.7. The minimum Gasteiger partial charge on any atom is -0.328 e. The van der Waals surface area contributed by atoms with Crippen molar-refractivity contribution in [2.45, 2.75) is 44.4 Å². The first-order valence-electron chi connectivity index (χ1n) is 11.3. The Labute approximate surface area is 206 Å². The minimum atomic E-state index is -0.490. The summed E-state index contributed by atoms with van der Waals surface area (Å²) >= 11 is 1.26. The number of benzene rings is 2. The zero-order chi connectivity index (χ0) is 24.9. The van der Waals surface area contributed by atoms with Crippen LogP contribution in [0.3, 0.4) is 0 Å². The molecule has 1 aliphatic heterocycles. The number of amides is 2. The standard InChI is InChI=1S/C24H26N6O4S/c1-3-28-22(20-5-4-14-29(20)23(32)17-8-6-16(2)7-9-17)26-27-24(28)35-15-21(31)25-18-10-12-19(13-11-18)30(33)34/h6-13,20H,3-5,14-15H2,1-2H3,(H,25,31).